The van der Waals surface area contributed by atoms with E-state index < -0.39 is 0 Å². The summed E-state index contributed by atoms with van der Waals surface area (Å²) in [5, 5.41) is 12.9. The van der Waals surface area contributed by atoms with Crippen LogP contribution in [0.5, 0.6) is 0 Å². The highest BCUT2D eigenvalue weighted by molar-refractivity contribution is 5.93. The lowest BCUT2D eigenvalue weighted by Gasteiger charge is -2.41. The number of nitrogens with zero attached hydrogens (tertiary/aromatic N) is 3. The van der Waals surface area contributed by atoms with E-state index in [0.717, 1.165) is 38.3 Å². The van der Waals surface area contributed by atoms with Crippen molar-refractivity contribution in [3.63, 3.8) is 0 Å². The van der Waals surface area contributed by atoms with Crippen LogP contribution in [-0.4, -0.2) is 50.2 Å². The molecule has 0 aromatic heterocycles. The number of hydrogen-bond donors (Lipinski definition) is 1. The minimum atomic E-state index is -0.118. The number of nitriles is 1. The van der Waals surface area contributed by atoms with E-state index in [0.29, 0.717) is 24.5 Å². The van der Waals surface area contributed by atoms with Gasteiger partial charge in [-0.1, -0.05) is 60.7 Å². The second-order valence-electron chi connectivity index (χ2n) is 9.91. The fourth-order valence-corrected chi connectivity index (χ4v) is 5.75. The van der Waals surface area contributed by atoms with Gasteiger partial charge in [-0.15, -0.1) is 0 Å². The van der Waals surface area contributed by atoms with Crippen molar-refractivity contribution >= 4 is 29.4 Å². The Kier molecular flexibility index (Phi) is 6.48. The number of fused-ring (bicyclic) bond motifs is 2. The third-order valence-corrected chi connectivity index (χ3v) is 7.73. The predicted molar refractivity (Wildman–Crippen MR) is 146 cm³/mol. The maximum Gasteiger partial charge on any atom is 0.229 e. The molecule has 6 nitrogen and oxygen atoms in total. The van der Waals surface area contributed by atoms with Crippen LogP contribution >= 0.6 is 0 Å². The number of rotatable bonds is 4. The average Bonchev–Trinajstić information content (AvgIpc) is 3.44. The fourth-order valence-electron chi connectivity index (χ4n) is 5.75. The standard InChI is InChI=1S/C31H30N4O2/c32-20-25-19-26(33-31(36)24-13-18-37-21-24)11-12-29(25)34-14-16-35(17-15-34)30-27-7-3-1-5-22(27)9-10-23-6-2-4-8-28(23)30/h1-12,19,24,30H,13-18,21H2,(H,33,36). The molecule has 1 aliphatic carbocycles. The van der Waals surface area contributed by atoms with E-state index in [4.69, 9.17) is 4.74 Å². The molecule has 1 unspecified atom stereocenters. The van der Waals surface area contributed by atoms with Crippen molar-refractivity contribution < 1.29 is 9.53 Å². The molecule has 37 heavy (non-hydrogen) atoms. The monoisotopic (exact) mass is 490 g/mol. The number of amides is 1. The SMILES string of the molecule is N#Cc1cc(NC(=O)C2CCOC2)ccc1N1CCN(C2c3ccccc3C=Cc3ccccc32)CC1. The summed E-state index contributed by atoms with van der Waals surface area (Å²) < 4.78 is 5.33. The van der Waals surface area contributed by atoms with Crippen LogP contribution in [0.2, 0.25) is 0 Å². The maximum absolute atomic E-state index is 12.5. The molecule has 3 aromatic rings. The molecule has 1 amide bonds. The van der Waals surface area contributed by atoms with Crippen LogP contribution in [0.4, 0.5) is 11.4 Å². The molecule has 2 aliphatic heterocycles. The normalized spacial score (nSPS) is 19.5. The van der Waals surface area contributed by atoms with Gasteiger partial charge in [-0.3, -0.25) is 9.69 Å². The summed E-state index contributed by atoms with van der Waals surface area (Å²) in [6, 6.07) is 25.5. The van der Waals surface area contributed by atoms with Gasteiger partial charge in [-0.2, -0.15) is 5.26 Å². The molecular weight excluding hydrogens is 460 g/mol. The first-order valence-electron chi connectivity index (χ1n) is 13.0. The smallest absolute Gasteiger partial charge is 0.229 e. The zero-order chi connectivity index (χ0) is 25.2. The summed E-state index contributed by atoms with van der Waals surface area (Å²) in [5.74, 6) is -0.158. The Morgan fingerprint density at radius 2 is 1.59 bits per heavy atom. The highest BCUT2D eigenvalue weighted by Crippen LogP contribution is 2.38. The van der Waals surface area contributed by atoms with Gasteiger partial charge in [0.15, 0.2) is 0 Å². The number of nitrogens with one attached hydrogen (secondary N) is 1. The van der Waals surface area contributed by atoms with E-state index in [1.807, 2.05) is 12.1 Å². The first-order chi connectivity index (χ1) is 18.2. The molecule has 2 saturated heterocycles. The van der Waals surface area contributed by atoms with Crippen LogP contribution in [0, 0.1) is 17.2 Å². The zero-order valence-corrected chi connectivity index (χ0v) is 20.8. The van der Waals surface area contributed by atoms with Crippen LogP contribution in [0.3, 0.4) is 0 Å². The van der Waals surface area contributed by atoms with Crippen LogP contribution in [0.1, 0.15) is 40.3 Å². The van der Waals surface area contributed by atoms with Gasteiger partial charge >= 0.3 is 0 Å². The van der Waals surface area contributed by atoms with Crippen LogP contribution in [0.15, 0.2) is 66.7 Å². The first kappa shape index (κ1) is 23.5. The van der Waals surface area contributed by atoms with Gasteiger partial charge < -0.3 is 15.0 Å². The molecule has 2 heterocycles. The molecule has 0 bridgehead atoms. The van der Waals surface area contributed by atoms with Crippen molar-refractivity contribution in [2.45, 2.75) is 12.5 Å². The molecule has 2 fully saturated rings. The van der Waals surface area contributed by atoms with Crippen molar-refractivity contribution in [1.29, 1.82) is 5.26 Å². The maximum atomic E-state index is 12.5. The fraction of sp³-hybridized carbons (Fsp3) is 0.290. The lowest BCUT2D eigenvalue weighted by Crippen LogP contribution is -2.48. The van der Waals surface area contributed by atoms with Crippen molar-refractivity contribution in [2.24, 2.45) is 5.92 Å². The van der Waals surface area contributed by atoms with E-state index in [-0.39, 0.29) is 17.9 Å². The molecule has 3 aromatic carbocycles. The highest BCUT2D eigenvalue weighted by atomic mass is 16.5. The number of anilines is 2. The Labute approximate surface area is 217 Å². The Balaban J connectivity index is 1.20. The lowest BCUT2D eigenvalue weighted by atomic mass is 9.92. The van der Waals surface area contributed by atoms with E-state index in [2.05, 4.69) is 81.9 Å². The zero-order valence-electron chi connectivity index (χ0n) is 20.8. The Morgan fingerprint density at radius 3 is 2.22 bits per heavy atom. The molecule has 1 N–H and O–H groups in total. The molecule has 6 rings (SSSR count). The molecule has 1 atom stereocenters. The number of ether oxygens (including phenoxy) is 1. The summed E-state index contributed by atoms with van der Waals surface area (Å²) in [6.45, 7) is 4.52. The number of benzene rings is 3. The number of hydrogen-bond acceptors (Lipinski definition) is 5. The Hall–Kier alpha value is -3.92. The number of piperazine rings is 1. The quantitative estimate of drug-likeness (QED) is 0.562. The molecular formula is C31H30N4O2. The van der Waals surface area contributed by atoms with E-state index >= 15 is 0 Å². The second kappa shape index (κ2) is 10.2. The molecule has 3 aliphatic rings. The minimum Gasteiger partial charge on any atom is -0.381 e. The van der Waals surface area contributed by atoms with Crippen molar-refractivity contribution in [3.05, 3.63) is 94.5 Å². The van der Waals surface area contributed by atoms with Gasteiger partial charge in [0.05, 0.1) is 29.8 Å². The van der Waals surface area contributed by atoms with Crippen LogP contribution in [-0.2, 0) is 9.53 Å². The van der Waals surface area contributed by atoms with Crippen LogP contribution in [0.25, 0.3) is 12.2 Å². The number of carbonyl (C=O) groups excluding carboxylic acids is 1. The second-order valence-corrected chi connectivity index (χ2v) is 9.91. The van der Waals surface area contributed by atoms with Crippen molar-refractivity contribution in [3.8, 4) is 6.07 Å². The summed E-state index contributed by atoms with van der Waals surface area (Å²) in [6.07, 6.45) is 5.19. The largest absolute Gasteiger partial charge is 0.381 e. The van der Waals surface area contributed by atoms with Crippen molar-refractivity contribution in [1.82, 2.24) is 4.90 Å². The molecule has 186 valence electrons. The van der Waals surface area contributed by atoms with E-state index in [9.17, 15) is 10.1 Å². The average molecular weight is 491 g/mol. The summed E-state index contributed by atoms with van der Waals surface area (Å²) in [7, 11) is 0. The molecule has 0 spiro atoms. The third-order valence-electron chi connectivity index (χ3n) is 7.73. The number of carbonyl (C=O) groups is 1. The Morgan fingerprint density at radius 1 is 0.919 bits per heavy atom. The topological polar surface area (TPSA) is 68.6 Å². The van der Waals surface area contributed by atoms with Gasteiger partial charge in [-0.05, 0) is 46.9 Å². The van der Waals surface area contributed by atoms with Gasteiger partial charge in [-0.25, -0.2) is 0 Å². The predicted octanol–water partition coefficient (Wildman–Crippen LogP) is 4.93. The summed E-state index contributed by atoms with van der Waals surface area (Å²) in [4.78, 5) is 17.3. The summed E-state index contributed by atoms with van der Waals surface area (Å²) in [5.41, 5.74) is 7.37. The van der Waals surface area contributed by atoms with Gasteiger partial charge in [0.2, 0.25) is 5.91 Å². The Bertz CT molecular complexity index is 1330. The molecule has 0 saturated carbocycles. The van der Waals surface area contributed by atoms with Crippen LogP contribution < -0.4 is 10.2 Å². The highest BCUT2D eigenvalue weighted by Gasteiger charge is 2.30. The molecule has 0 radical (unpaired) electrons. The third kappa shape index (κ3) is 4.64. The minimum absolute atomic E-state index is 0.0405. The van der Waals surface area contributed by atoms with Gasteiger partial charge in [0, 0.05) is 38.5 Å². The summed E-state index contributed by atoms with van der Waals surface area (Å²) >= 11 is 0. The lowest BCUT2D eigenvalue weighted by molar-refractivity contribution is -0.119. The van der Waals surface area contributed by atoms with Gasteiger partial charge in [0.1, 0.15) is 6.07 Å². The first-order valence-corrected chi connectivity index (χ1v) is 13.0. The van der Waals surface area contributed by atoms with Crippen molar-refractivity contribution in [2.75, 3.05) is 49.6 Å². The van der Waals surface area contributed by atoms with Gasteiger partial charge in [0.25, 0.3) is 0 Å². The van der Waals surface area contributed by atoms with E-state index in [1.165, 1.54) is 22.3 Å². The van der Waals surface area contributed by atoms with E-state index in [1.54, 1.807) is 6.07 Å². The molecule has 6 heteroatoms.